The van der Waals surface area contributed by atoms with E-state index in [0.29, 0.717) is 0 Å². The summed E-state index contributed by atoms with van der Waals surface area (Å²) in [6, 6.07) is 56.1. The van der Waals surface area contributed by atoms with E-state index in [1.165, 1.54) is 92.9 Å². The molecule has 2 heteroatoms. The molecule has 0 spiro atoms. The number of hydrogen-bond donors (Lipinski definition) is 0. The lowest BCUT2D eigenvalue weighted by atomic mass is 9.82. The molecule has 0 unspecified atom stereocenters. The first-order valence-electron chi connectivity index (χ1n) is 17.1. The molecule has 0 bridgehead atoms. The molecule has 1 aliphatic carbocycles. The van der Waals surface area contributed by atoms with Crippen molar-refractivity contribution in [3.8, 4) is 33.4 Å². The zero-order valence-electron chi connectivity index (χ0n) is 28.3. The minimum Gasteiger partial charge on any atom is -0.310 e. The second-order valence-electron chi connectivity index (χ2n) is 13.9. The van der Waals surface area contributed by atoms with Gasteiger partial charge in [-0.25, -0.2) is 0 Å². The van der Waals surface area contributed by atoms with Crippen LogP contribution in [-0.4, -0.2) is 0 Å². The van der Waals surface area contributed by atoms with Crippen molar-refractivity contribution in [1.82, 2.24) is 0 Å². The van der Waals surface area contributed by atoms with Gasteiger partial charge in [0, 0.05) is 37.0 Å². The number of benzene rings is 7. The molecule has 0 atom stereocenters. The van der Waals surface area contributed by atoms with Crippen molar-refractivity contribution >= 4 is 48.6 Å². The molecule has 1 nitrogen and oxygen atoms in total. The van der Waals surface area contributed by atoms with Crippen LogP contribution in [0.1, 0.15) is 36.1 Å². The molecule has 0 amide bonds. The van der Waals surface area contributed by atoms with Crippen molar-refractivity contribution < 1.29 is 0 Å². The van der Waals surface area contributed by atoms with Gasteiger partial charge in [0.25, 0.3) is 0 Å². The normalized spacial score (nSPS) is 13.1. The molecule has 0 aliphatic heterocycles. The van der Waals surface area contributed by atoms with Crippen LogP contribution < -0.4 is 4.90 Å². The van der Waals surface area contributed by atoms with E-state index in [4.69, 9.17) is 0 Å². The highest BCUT2D eigenvalue weighted by molar-refractivity contribution is 7.25. The zero-order valence-corrected chi connectivity index (χ0v) is 29.1. The van der Waals surface area contributed by atoms with E-state index in [-0.39, 0.29) is 5.41 Å². The number of aryl methyl sites for hydroxylation is 2. The molecule has 9 rings (SSSR count). The van der Waals surface area contributed by atoms with Gasteiger partial charge in [-0.1, -0.05) is 123 Å². The van der Waals surface area contributed by atoms with Crippen LogP contribution in [0.5, 0.6) is 0 Å². The summed E-state index contributed by atoms with van der Waals surface area (Å²) in [6.45, 7) is 9.26. The fourth-order valence-electron chi connectivity index (χ4n) is 8.05. The molecule has 0 saturated heterocycles. The van der Waals surface area contributed by atoms with Crippen LogP contribution in [0.25, 0.3) is 53.6 Å². The number of thiophene rings is 1. The topological polar surface area (TPSA) is 3.24 Å². The summed E-state index contributed by atoms with van der Waals surface area (Å²) >= 11 is 1.88. The first-order chi connectivity index (χ1) is 23.9. The fraction of sp³-hybridized carbons (Fsp3) is 0.106. The Bertz CT molecular complexity index is 2510. The van der Waals surface area contributed by atoms with Crippen LogP contribution in [0.15, 0.2) is 152 Å². The molecular weight excluding hydrogens is 611 g/mol. The molecule has 0 radical (unpaired) electrons. The maximum absolute atomic E-state index is 2.50. The van der Waals surface area contributed by atoms with Crippen LogP contribution in [-0.2, 0) is 5.41 Å². The van der Waals surface area contributed by atoms with E-state index in [1.54, 1.807) is 0 Å². The standard InChI is InChI=1S/C47H37NS/c1-30-26-35(34-20-18-33(19-21-34)32-12-6-5-7-13-32)27-31(2)46(30)48(37-23-25-41-40-15-9-11-17-44(40)49-45(41)29-37)36-22-24-39-38-14-8-10-16-42(38)47(3,4)43(39)28-36/h5-29H,1-4H3. The Hall–Kier alpha value is -5.44. The summed E-state index contributed by atoms with van der Waals surface area (Å²) in [6.07, 6.45) is 0. The minimum atomic E-state index is -0.0805. The second kappa shape index (κ2) is 11.3. The zero-order chi connectivity index (χ0) is 33.3. The lowest BCUT2D eigenvalue weighted by Gasteiger charge is -2.31. The lowest BCUT2D eigenvalue weighted by Crippen LogP contribution is -2.17. The molecule has 0 saturated carbocycles. The fourth-order valence-corrected chi connectivity index (χ4v) is 9.19. The monoisotopic (exact) mass is 647 g/mol. The van der Waals surface area contributed by atoms with E-state index >= 15 is 0 Å². The lowest BCUT2D eigenvalue weighted by molar-refractivity contribution is 0.660. The SMILES string of the molecule is Cc1cc(-c2ccc(-c3ccccc3)cc2)cc(C)c1N(c1ccc2c(c1)C(C)(C)c1ccccc1-2)c1ccc2c(c1)sc1ccccc12. The minimum absolute atomic E-state index is 0.0805. The molecule has 0 N–H and O–H groups in total. The van der Waals surface area contributed by atoms with Crippen LogP contribution in [0.3, 0.4) is 0 Å². The van der Waals surface area contributed by atoms with Gasteiger partial charge in [-0.05, 0) is 112 Å². The van der Waals surface area contributed by atoms with E-state index in [1.807, 2.05) is 11.3 Å². The number of anilines is 3. The van der Waals surface area contributed by atoms with Gasteiger partial charge >= 0.3 is 0 Å². The van der Waals surface area contributed by atoms with Crippen LogP contribution in [0.4, 0.5) is 17.1 Å². The van der Waals surface area contributed by atoms with Crippen LogP contribution in [0.2, 0.25) is 0 Å². The highest BCUT2D eigenvalue weighted by Crippen LogP contribution is 2.51. The van der Waals surface area contributed by atoms with Crippen molar-refractivity contribution in [2.24, 2.45) is 0 Å². The summed E-state index contributed by atoms with van der Waals surface area (Å²) in [5.41, 5.74) is 16.4. The predicted molar refractivity (Wildman–Crippen MR) is 212 cm³/mol. The molecule has 7 aromatic carbocycles. The van der Waals surface area contributed by atoms with Crippen molar-refractivity contribution in [2.75, 3.05) is 4.90 Å². The Morgan fingerprint density at radius 1 is 0.449 bits per heavy atom. The largest absolute Gasteiger partial charge is 0.310 e. The smallest absolute Gasteiger partial charge is 0.0520 e. The van der Waals surface area contributed by atoms with Crippen molar-refractivity contribution in [3.63, 3.8) is 0 Å². The number of hydrogen-bond acceptors (Lipinski definition) is 2. The molecule has 49 heavy (non-hydrogen) atoms. The maximum atomic E-state index is 2.50. The third-order valence-electron chi connectivity index (χ3n) is 10.5. The molecular formula is C47H37NS. The Morgan fingerprint density at radius 2 is 1.02 bits per heavy atom. The van der Waals surface area contributed by atoms with Gasteiger partial charge in [0.15, 0.2) is 0 Å². The van der Waals surface area contributed by atoms with Gasteiger partial charge in [-0.15, -0.1) is 11.3 Å². The molecule has 0 fully saturated rings. The molecule has 236 valence electrons. The molecule has 1 heterocycles. The van der Waals surface area contributed by atoms with Crippen molar-refractivity contribution in [1.29, 1.82) is 0 Å². The van der Waals surface area contributed by atoms with Gasteiger partial charge in [-0.2, -0.15) is 0 Å². The van der Waals surface area contributed by atoms with Crippen LogP contribution in [0, 0.1) is 13.8 Å². The molecule has 8 aromatic rings. The van der Waals surface area contributed by atoms with E-state index in [2.05, 4.69) is 184 Å². The number of rotatable bonds is 5. The van der Waals surface area contributed by atoms with Crippen molar-refractivity contribution in [2.45, 2.75) is 33.1 Å². The Balaban J connectivity index is 1.20. The summed E-state index contributed by atoms with van der Waals surface area (Å²) in [4.78, 5) is 2.50. The van der Waals surface area contributed by atoms with Gasteiger partial charge < -0.3 is 4.90 Å². The quantitative estimate of drug-likeness (QED) is 0.180. The van der Waals surface area contributed by atoms with Gasteiger partial charge in [0.05, 0.1) is 5.69 Å². The van der Waals surface area contributed by atoms with E-state index in [0.717, 1.165) is 0 Å². The summed E-state index contributed by atoms with van der Waals surface area (Å²) in [5.74, 6) is 0. The number of nitrogens with zero attached hydrogens (tertiary/aromatic N) is 1. The summed E-state index contributed by atoms with van der Waals surface area (Å²) < 4.78 is 2.64. The highest BCUT2D eigenvalue weighted by Gasteiger charge is 2.36. The van der Waals surface area contributed by atoms with Gasteiger partial charge in [0.1, 0.15) is 0 Å². The first-order valence-corrected chi connectivity index (χ1v) is 17.9. The Kier molecular flexibility index (Phi) is 6.86. The molecule has 1 aromatic heterocycles. The van der Waals surface area contributed by atoms with E-state index < -0.39 is 0 Å². The molecule has 1 aliphatic rings. The number of fused-ring (bicyclic) bond motifs is 6. The van der Waals surface area contributed by atoms with Gasteiger partial charge in [0.2, 0.25) is 0 Å². The highest BCUT2D eigenvalue weighted by atomic mass is 32.1. The maximum Gasteiger partial charge on any atom is 0.0520 e. The predicted octanol–water partition coefficient (Wildman–Crippen LogP) is 13.8. The Morgan fingerprint density at radius 3 is 1.80 bits per heavy atom. The first kappa shape index (κ1) is 29.7. The summed E-state index contributed by atoms with van der Waals surface area (Å²) in [5, 5.41) is 2.64. The average Bonchev–Trinajstić information content (AvgIpc) is 3.61. The van der Waals surface area contributed by atoms with E-state index in [9.17, 15) is 0 Å². The van der Waals surface area contributed by atoms with Crippen molar-refractivity contribution in [3.05, 3.63) is 174 Å². The van der Waals surface area contributed by atoms with Gasteiger partial charge in [-0.3, -0.25) is 0 Å². The van der Waals surface area contributed by atoms with Crippen LogP contribution >= 0.6 is 11.3 Å². The summed E-state index contributed by atoms with van der Waals surface area (Å²) in [7, 11) is 0. The third kappa shape index (κ3) is 4.82. The Labute approximate surface area is 292 Å². The third-order valence-corrected chi connectivity index (χ3v) is 11.6. The average molecular weight is 648 g/mol. The second-order valence-corrected chi connectivity index (χ2v) is 15.0.